The van der Waals surface area contributed by atoms with E-state index in [0.29, 0.717) is 5.56 Å². The first-order chi connectivity index (χ1) is 18.3. The summed E-state index contributed by atoms with van der Waals surface area (Å²) >= 11 is 0. The Bertz CT molecular complexity index is 1550. The molecule has 0 heterocycles. The molecule has 3 aromatic carbocycles. The van der Waals surface area contributed by atoms with Gasteiger partial charge in [0.1, 0.15) is 10.7 Å². The van der Waals surface area contributed by atoms with E-state index in [0.717, 1.165) is 12.1 Å². The van der Waals surface area contributed by atoms with Gasteiger partial charge in [-0.3, -0.25) is 9.59 Å². The van der Waals surface area contributed by atoms with E-state index in [1.54, 1.807) is 0 Å². The molecule has 0 radical (unpaired) electrons. The summed E-state index contributed by atoms with van der Waals surface area (Å²) in [5, 5.41) is 2.51. The van der Waals surface area contributed by atoms with E-state index >= 15 is 0 Å². The minimum absolute atomic E-state index is 0.0556. The zero-order chi connectivity index (χ0) is 28.6. The molecule has 0 aliphatic heterocycles. The van der Waals surface area contributed by atoms with Crippen molar-refractivity contribution in [1.29, 1.82) is 0 Å². The topological polar surface area (TPSA) is 109 Å². The number of carbonyl (C=O) groups is 3. The number of amides is 2. The van der Waals surface area contributed by atoms with E-state index in [1.165, 1.54) is 67.6 Å². The molecule has 202 valence electrons. The number of para-hydroxylation sites is 1. The Morgan fingerprint density at radius 3 is 2.18 bits per heavy atom. The predicted molar refractivity (Wildman–Crippen MR) is 138 cm³/mol. The number of sulfonamides is 1. The molecule has 3 rings (SSSR count). The van der Waals surface area contributed by atoms with Crippen molar-refractivity contribution in [3.63, 3.8) is 0 Å². The van der Waals surface area contributed by atoms with Crippen LogP contribution >= 0.6 is 0 Å². The largest absolute Gasteiger partial charge is 0.416 e. The van der Waals surface area contributed by atoms with Gasteiger partial charge in [0, 0.05) is 29.5 Å². The van der Waals surface area contributed by atoms with Gasteiger partial charge in [0.15, 0.2) is 0 Å². The summed E-state index contributed by atoms with van der Waals surface area (Å²) in [5.41, 5.74) is -0.0777. The van der Waals surface area contributed by atoms with Gasteiger partial charge in [-0.05, 0) is 67.9 Å². The molecule has 11 heteroatoms. The van der Waals surface area contributed by atoms with Crippen molar-refractivity contribution < 1.29 is 36.0 Å². The van der Waals surface area contributed by atoms with Gasteiger partial charge in [-0.25, -0.2) is 13.1 Å². The van der Waals surface area contributed by atoms with Crippen LogP contribution in [0.25, 0.3) is 0 Å². The minimum atomic E-state index is -4.48. The molecule has 0 aliphatic rings. The fourth-order valence-electron chi connectivity index (χ4n) is 3.38. The Morgan fingerprint density at radius 1 is 0.846 bits per heavy atom. The Morgan fingerprint density at radius 2 is 1.51 bits per heavy atom. The van der Waals surface area contributed by atoms with Gasteiger partial charge in [0.05, 0.1) is 11.3 Å². The number of rotatable bonds is 8. The van der Waals surface area contributed by atoms with E-state index < -0.39 is 33.6 Å². The van der Waals surface area contributed by atoms with E-state index in [4.69, 9.17) is 0 Å². The highest BCUT2D eigenvalue weighted by Crippen LogP contribution is 2.29. The van der Waals surface area contributed by atoms with Crippen molar-refractivity contribution in [3.05, 3.63) is 95.1 Å². The molecule has 39 heavy (non-hydrogen) atoms. The average molecular weight is 557 g/mol. The molecule has 0 unspecified atom stereocenters. The van der Waals surface area contributed by atoms with Crippen LogP contribution in [0.2, 0.25) is 0 Å². The van der Waals surface area contributed by atoms with E-state index in [2.05, 4.69) is 17.2 Å². The number of alkyl halides is 3. The van der Waals surface area contributed by atoms with Gasteiger partial charge in [-0.15, -0.1) is 0 Å². The monoisotopic (exact) mass is 556 g/mol. The zero-order valence-corrected chi connectivity index (χ0v) is 21.4. The predicted octanol–water partition coefficient (Wildman–Crippen LogP) is 4.92. The highest BCUT2D eigenvalue weighted by molar-refractivity contribution is 7.90. The number of hydrogen-bond donors (Lipinski definition) is 2. The summed E-state index contributed by atoms with van der Waals surface area (Å²) in [7, 11) is -4.31. The lowest BCUT2D eigenvalue weighted by atomic mass is 10.1. The first kappa shape index (κ1) is 29.1. The van der Waals surface area contributed by atoms with Gasteiger partial charge in [0.2, 0.25) is 5.91 Å². The van der Waals surface area contributed by atoms with Gasteiger partial charge in [-0.1, -0.05) is 30.0 Å². The Hall–Kier alpha value is -4.43. The van der Waals surface area contributed by atoms with Crippen molar-refractivity contribution in [2.75, 3.05) is 5.32 Å². The number of carbonyl (C=O) groups excluding carboxylic acids is 3. The maximum absolute atomic E-state index is 12.9. The lowest BCUT2D eigenvalue weighted by Crippen LogP contribution is -2.31. The van der Waals surface area contributed by atoms with E-state index in [-0.39, 0.29) is 46.8 Å². The first-order valence-corrected chi connectivity index (χ1v) is 13.1. The van der Waals surface area contributed by atoms with Crippen molar-refractivity contribution in [3.8, 4) is 11.8 Å². The third-order valence-electron chi connectivity index (χ3n) is 5.29. The SMILES string of the molecule is CC(=O)CCCC(=O)NS(=O)(=O)c1ccccc1NC(=O)c1ccc(C#Cc2cccc(C(F)(F)F)c2)cc1. The second-order valence-electron chi connectivity index (χ2n) is 8.44. The van der Waals surface area contributed by atoms with Gasteiger partial charge >= 0.3 is 6.18 Å². The molecule has 2 amide bonds. The average Bonchev–Trinajstić information content (AvgIpc) is 2.87. The van der Waals surface area contributed by atoms with Crippen LogP contribution in [0.3, 0.4) is 0 Å². The van der Waals surface area contributed by atoms with Crippen LogP contribution in [0, 0.1) is 11.8 Å². The highest BCUT2D eigenvalue weighted by Gasteiger charge is 2.30. The molecular weight excluding hydrogens is 533 g/mol. The lowest BCUT2D eigenvalue weighted by Gasteiger charge is -2.12. The van der Waals surface area contributed by atoms with Crippen molar-refractivity contribution >= 4 is 33.3 Å². The van der Waals surface area contributed by atoms with Crippen molar-refractivity contribution in [1.82, 2.24) is 4.72 Å². The number of ketones is 1. The molecule has 0 spiro atoms. The third-order valence-corrected chi connectivity index (χ3v) is 6.73. The van der Waals surface area contributed by atoms with Crippen LogP contribution in [-0.2, 0) is 25.8 Å². The van der Waals surface area contributed by atoms with Crippen LogP contribution in [-0.4, -0.2) is 26.0 Å². The van der Waals surface area contributed by atoms with Crippen molar-refractivity contribution in [2.45, 2.75) is 37.3 Å². The number of anilines is 1. The van der Waals surface area contributed by atoms with Crippen LogP contribution in [0.1, 0.15) is 53.2 Å². The zero-order valence-electron chi connectivity index (χ0n) is 20.6. The Kier molecular flexibility index (Phi) is 9.27. The fraction of sp³-hybridized carbons (Fsp3) is 0.179. The standard InChI is InChI=1S/C28H23F3N2O5S/c1-19(34)6-4-11-26(35)33-39(37,38)25-10-3-2-9-24(25)32-27(36)22-16-14-20(15-17-22)12-13-21-7-5-8-23(18-21)28(29,30)31/h2-3,5,7-10,14-18H,4,6,11H2,1H3,(H,32,36)(H,33,35). The summed E-state index contributed by atoms with van der Waals surface area (Å²) in [5.74, 6) is 3.86. The molecular formula is C28H23F3N2O5S. The fourth-order valence-corrected chi connectivity index (χ4v) is 4.55. The number of nitrogens with one attached hydrogen (secondary N) is 2. The second kappa shape index (κ2) is 12.4. The van der Waals surface area contributed by atoms with Crippen LogP contribution in [0.4, 0.5) is 18.9 Å². The summed E-state index contributed by atoms with van der Waals surface area (Å²) < 4.78 is 66.1. The Labute approximate surface area is 223 Å². The van der Waals surface area contributed by atoms with Crippen LogP contribution < -0.4 is 10.0 Å². The minimum Gasteiger partial charge on any atom is -0.321 e. The molecule has 0 aromatic heterocycles. The lowest BCUT2D eigenvalue weighted by molar-refractivity contribution is -0.137. The van der Waals surface area contributed by atoms with Gasteiger partial charge in [0.25, 0.3) is 15.9 Å². The quantitative estimate of drug-likeness (QED) is 0.383. The molecule has 2 N–H and O–H groups in total. The summed E-state index contributed by atoms with van der Waals surface area (Å²) in [6, 6.07) is 16.0. The van der Waals surface area contributed by atoms with E-state index in [9.17, 15) is 36.0 Å². The molecule has 0 fully saturated rings. The maximum atomic E-state index is 12.9. The van der Waals surface area contributed by atoms with E-state index in [1.807, 2.05) is 4.72 Å². The van der Waals surface area contributed by atoms with Gasteiger partial charge < -0.3 is 10.1 Å². The van der Waals surface area contributed by atoms with Crippen molar-refractivity contribution in [2.24, 2.45) is 0 Å². The Balaban J connectivity index is 1.71. The molecule has 0 saturated carbocycles. The summed E-state index contributed by atoms with van der Waals surface area (Å²) in [6.07, 6.45) is -4.28. The normalized spacial score (nSPS) is 11.2. The summed E-state index contributed by atoms with van der Waals surface area (Å²) in [6.45, 7) is 1.37. The number of hydrogen-bond acceptors (Lipinski definition) is 5. The van der Waals surface area contributed by atoms with Gasteiger partial charge in [-0.2, -0.15) is 13.2 Å². The third kappa shape index (κ3) is 8.55. The first-order valence-electron chi connectivity index (χ1n) is 11.6. The molecule has 0 bridgehead atoms. The smallest absolute Gasteiger partial charge is 0.321 e. The number of benzene rings is 3. The molecule has 0 saturated heterocycles. The number of halogens is 3. The molecule has 0 aliphatic carbocycles. The maximum Gasteiger partial charge on any atom is 0.416 e. The molecule has 0 atom stereocenters. The second-order valence-corrected chi connectivity index (χ2v) is 10.1. The summed E-state index contributed by atoms with van der Waals surface area (Å²) in [4.78, 5) is 35.5. The highest BCUT2D eigenvalue weighted by atomic mass is 32.2. The molecule has 3 aromatic rings. The van der Waals surface area contributed by atoms with Crippen LogP contribution in [0.5, 0.6) is 0 Å². The van der Waals surface area contributed by atoms with Crippen LogP contribution in [0.15, 0.2) is 77.7 Å². The number of Topliss-reactive ketones (excluding diaryl/α,β-unsaturated/α-hetero) is 1. The molecule has 7 nitrogen and oxygen atoms in total.